The van der Waals surface area contributed by atoms with Crippen LogP contribution in [0.2, 0.25) is 5.02 Å². The maximum atomic E-state index is 13.6. The van der Waals surface area contributed by atoms with Gasteiger partial charge in [-0.05, 0) is 12.1 Å². The minimum atomic E-state index is -8.07. The van der Waals surface area contributed by atoms with Gasteiger partial charge < -0.3 is 5.32 Å². The Bertz CT molecular complexity index is 774. The molecule has 0 atom stereocenters. The fourth-order valence-corrected chi connectivity index (χ4v) is 1.86. The van der Waals surface area contributed by atoms with Crippen molar-refractivity contribution in [1.29, 1.82) is 0 Å². The average Bonchev–Trinajstić information content (AvgIpc) is 2.55. The van der Waals surface area contributed by atoms with E-state index in [1.165, 1.54) is 0 Å². The molecule has 0 spiro atoms. The van der Waals surface area contributed by atoms with E-state index in [0.717, 1.165) is 23.5 Å². The zero-order chi connectivity index (χ0) is 23.3. The van der Waals surface area contributed by atoms with Gasteiger partial charge in [0.2, 0.25) is 0 Å². The molecule has 0 radical (unpaired) electrons. The average molecular weight is 474 g/mol. The number of alkyl halides is 13. The van der Waals surface area contributed by atoms with Crippen LogP contribution in [-0.4, -0.2) is 41.7 Å². The molecule has 0 saturated heterocycles. The van der Waals surface area contributed by atoms with E-state index in [-0.39, 0.29) is 0 Å². The molecular formula is C13H5ClF13NO. The van der Waals surface area contributed by atoms with Crippen molar-refractivity contribution in [2.24, 2.45) is 0 Å². The maximum absolute atomic E-state index is 13.6. The van der Waals surface area contributed by atoms with E-state index in [1.807, 2.05) is 0 Å². The topological polar surface area (TPSA) is 29.1 Å². The van der Waals surface area contributed by atoms with Crippen LogP contribution in [0.15, 0.2) is 24.3 Å². The Morgan fingerprint density at radius 3 is 1.52 bits per heavy atom. The minimum Gasteiger partial charge on any atom is -0.319 e. The Labute approximate surface area is 156 Å². The normalized spacial score (nSPS) is 14.7. The molecule has 16 heteroatoms. The number of benzene rings is 1. The van der Waals surface area contributed by atoms with Crippen molar-refractivity contribution >= 4 is 23.2 Å². The molecule has 0 unspecified atom stereocenters. The number of hydrogen-bond donors (Lipinski definition) is 1. The monoisotopic (exact) mass is 473 g/mol. The van der Waals surface area contributed by atoms with E-state index in [4.69, 9.17) is 11.6 Å². The SMILES string of the molecule is O=C(Nc1ccccc1Cl)C(F)(F)C(F)(F)C(F)(F)C(F)(F)C(F)(F)C(F)(F)F. The largest absolute Gasteiger partial charge is 0.460 e. The number of halogens is 14. The number of amides is 1. The van der Waals surface area contributed by atoms with Gasteiger partial charge in [0.05, 0.1) is 10.7 Å². The minimum absolute atomic E-state index is 0.624. The van der Waals surface area contributed by atoms with E-state index in [1.54, 1.807) is 0 Å². The highest BCUT2D eigenvalue weighted by molar-refractivity contribution is 6.33. The number of hydrogen-bond acceptors (Lipinski definition) is 1. The van der Waals surface area contributed by atoms with Gasteiger partial charge in [0.25, 0.3) is 0 Å². The lowest BCUT2D eigenvalue weighted by molar-refractivity contribution is -0.435. The van der Waals surface area contributed by atoms with Crippen LogP contribution in [0.1, 0.15) is 0 Å². The lowest BCUT2D eigenvalue weighted by atomic mass is 9.93. The summed E-state index contributed by atoms with van der Waals surface area (Å²) < 4.78 is 168. The summed E-state index contributed by atoms with van der Waals surface area (Å²) in [6, 6.07) is 3.63. The zero-order valence-electron chi connectivity index (χ0n) is 13.0. The molecule has 0 aliphatic carbocycles. The summed E-state index contributed by atoms with van der Waals surface area (Å²) in [6.07, 6.45) is -7.52. The maximum Gasteiger partial charge on any atom is 0.460 e. The van der Waals surface area contributed by atoms with Gasteiger partial charge in [-0.1, -0.05) is 23.7 Å². The van der Waals surface area contributed by atoms with Gasteiger partial charge in [-0.15, -0.1) is 0 Å². The first-order chi connectivity index (χ1) is 12.7. The predicted molar refractivity (Wildman–Crippen MR) is 70.9 cm³/mol. The van der Waals surface area contributed by atoms with Crippen molar-refractivity contribution in [3.05, 3.63) is 29.3 Å². The van der Waals surface area contributed by atoms with E-state index < -0.39 is 52.4 Å². The molecule has 0 aromatic heterocycles. The van der Waals surface area contributed by atoms with Crippen molar-refractivity contribution in [2.75, 3.05) is 5.32 Å². The quantitative estimate of drug-likeness (QED) is 0.503. The summed E-state index contributed by atoms with van der Waals surface area (Å²) in [5, 5.41) is 0.236. The summed E-state index contributed by atoms with van der Waals surface area (Å²) in [5.74, 6) is -42.0. The number of carbonyl (C=O) groups excluding carboxylic acids is 1. The second kappa shape index (κ2) is 7.09. The molecule has 1 rings (SSSR count). The smallest absolute Gasteiger partial charge is 0.319 e. The van der Waals surface area contributed by atoms with Crippen LogP contribution in [0.3, 0.4) is 0 Å². The molecule has 1 aromatic carbocycles. The van der Waals surface area contributed by atoms with Crippen molar-refractivity contribution in [1.82, 2.24) is 0 Å². The first kappa shape index (κ1) is 25.1. The number of nitrogens with one attached hydrogen (secondary N) is 1. The summed E-state index contributed by atoms with van der Waals surface area (Å²) in [6.45, 7) is 0. The van der Waals surface area contributed by atoms with Crippen LogP contribution >= 0.6 is 11.6 Å². The van der Waals surface area contributed by atoms with Gasteiger partial charge in [-0.3, -0.25) is 4.79 Å². The third-order valence-corrected chi connectivity index (χ3v) is 3.67. The summed E-state index contributed by atoms with van der Waals surface area (Å²) in [4.78, 5) is 11.3. The second-order valence-electron chi connectivity index (χ2n) is 5.30. The van der Waals surface area contributed by atoms with Crippen LogP contribution in [0.5, 0.6) is 0 Å². The lowest BCUT2D eigenvalue weighted by Gasteiger charge is -2.39. The van der Waals surface area contributed by atoms with Gasteiger partial charge in [0.15, 0.2) is 0 Å². The van der Waals surface area contributed by atoms with Crippen LogP contribution in [0.25, 0.3) is 0 Å². The van der Waals surface area contributed by atoms with Crippen molar-refractivity contribution in [3.8, 4) is 0 Å². The lowest BCUT2D eigenvalue weighted by Crippen LogP contribution is -2.71. The van der Waals surface area contributed by atoms with Crippen LogP contribution in [0.4, 0.5) is 62.8 Å². The summed E-state index contributed by atoms with van der Waals surface area (Å²) in [5.41, 5.74) is -0.912. The van der Waals surface area contributed by atoms with Crippen LogP contribution < -0.4 is 5.32 Å². The van der Waals surface area contributed by atoms with Crippen molar-refractivity contribution in [2.45, 2.75) is 35.8 Å². The predicted octanol–water partition coefficient (Wildman–Crippen LogP) is 6.02. The van der Waals surface area contributed by atoms with E-state index in [0.29, 0.717) is 6.07 Å². The summed E-state index contributed by atoms with van der Waals surface area (Å²) >= 11 is 5.37. The van der Waals surface area contributed by atoms with E-state index >= 15 is 0 Å². The molecule has 1 amide bonds. The Morgan fingerprint density at radius 1 is 0.690 bits per heavy atom. The molecule has 0 saturated carbocycles. The first-order valence-electron chi connectivity index (χ1n) is 6.68. The van der Waals surface area contributed by atoms with Crippen LogP contribution in [-0.2, 0) is 4.79 Å². The molecule has 0 fully saturated rings. The molecule has 166 valence electrons. The van der Waals surface area contributed by atoms with Gasteiger partial charge in [0.1, 0.15) is 0 Å². The number of carbonyl (C=O) groups is 1. The fraction of sp³-hybridized carbons (Fsp3) is 0.462. The molecule has 1 aromatic rings. The molecule has 0 aliphatic rings. The van der Waals surface area contributed by atoms with Gasteiger partial charge >= 0.3 is 41.7 Å². The highest BCUT2D eigenvalue weighted by atomic mass is 35.5. The molecule has 29 heavy (non-hydrogen) atoms. The van der Waals surface area contributed by atoms with E-state index in [9.17, 15) is 61.9 Å². The molecular weight excluding hydrogens is 469 g/mol. The fourth-order valence-electron chi connectivity index (χ4n) is 1.68. The standard InChI is InChI=1S/C13H5ClF13NO/c14-5-3-1-2-4-6(5)28-7(29)8(15,16)9(17,18)10(19,20)11(21,22)12(23,24)13(25,26)27/h1-4H,(H,28,29). The van der Waals surface area contributed by atoms with Crippen LogP contribution in [0, 0.1) is 0 Å². The van der Waals surface area contributed by atoms with Gasteiger partial charge in [-0.25, -0.2) is 0 Å². The van der Waals surface area contributed by atoms with Gasteiger partial charge in [-0.2, -0.15) is 57.1 Å². The number of rotatable bonds is 6. The second-order valence-corrected chi connectivity index (χ2v) is 5.71. The van der Waals surface area contributed by atoms with E-state index in [2.05, 4.69) is 0 Å². The highest BCUT2D eigenvalue weighted by Crippen LogP contribution is 2.60. The Morgan fingerprint density at radius 2 is 1.10 bits per heavy atom. The first-order valence-corrected chi connectivity index (χ1v) is 7.06. The molecule has 0 heterocycles. The van der Waals surface area contributed by atoms with Crippen molar-refractivity contribution < 1.29 is 61.9 Å². The Hall–Kier alpha value is -1.93. The Kier molecular flexibility index (Phi) is 6.14. The molecule has 0 bridgehead atoms. The number of para-hydroxylation sites is 1. The summed E-state index contributed by atoms with van der Waals surface area (Å²) in [7, 11) is 0. The zero-order valence-corrected chi connectivity index (χ0v) is 13.8. The molecule has 1 N–H and O–H groups in total. The molecule has 2 nitrogen and oxygen atoms in total. The third-order valence-electron chi connectivity index (χ3n) is 3.34. The van der Waals surface area contributed by atoms with Gasteiger partial charge in [0, 0.05) is 0 Å². The third kappa shape index (κ3) is 3.68. The molecule has 0 aliphatic heterocycles. The highest BCUT2D eigenvalue weighted by Gasteiger charge is 2.91. The Balaban J connectivity index is 3.42. The van der Waals surface area contributed by atoms with Crippen molar-refractivity contribution in [3.63, 3.8) is 0 Å². The number of anilines is 1.